The van der Waals surface area contributed by atoms with Crippen molar-refractivity contribution >= 4 is 23.5 Å². The molecule has 0 spiro atoms. The van der Waals surface area contributed by atoms with Gasteiger partial charge in [0.25, 0.3) is 5.91 Å². The van der Waals surface area contributed by atoms with E-state index in [0.717, 1.165) is 45.2 Å². The molecular weight excluding hydrogens is 332 g/mol. The van der Waals surface area contributed by atoms with Crippen molar-refractivity contribution in [2.45, 2.75) is 51.4 Å². The fraction of sp³-hybridized carbons (Fsp3) is 0.550. The van der Waals surface area contributed by atoms with E-state index in [1.165, 1.54) is 0 Å². The van der Waals surface area contributed by atoms with Crippen molar-refractivity contribution in [2.24, 2.45) is 5.41 Å². The van der Waals surface area contributed by atoms with Crippen LogP contribution in [0.4, 0.5) is 5.69 Å². The summed E-state index contributed by atoms with van der Waals surface area (Å²) in [5, 5.41) is 12.4. The van der Waals surface area contributed by atoms with Crippen molar-refractivity contribution in [3.05, 3.63) is 29.8 Å². The van der Waals surface area contributed by atoms with Gasteiger partial charge in [-0.2, -0.15) is 0 Å². The number of nitrogens with one attached hydrogen (secondary N) is 1. The molecule has 140 valence electrons. The number of carboxylic acids is 1. The Morgan fingerprint density at radius 2 is 1.73 bits per heavy atom. The Balaban J connectivity index is 1.66. The minimum atomic E-state index is -0.953. The average molecular weight is 358 g/mol. The maximum atomic E-state index is 12.5. The largest absolute Gasteiger partial charge is 0.481 e. The van der Waals surface area contributed by atoms with Crippen LogP contribution in [-0.2, 0) is 9.59 Å². The van der Waals surface area contributed by atoms with Crippen molar-refractivity contribution in [1.29, 1.82) is 0 Å². The summed E-state index contributed by atoms with van der Waals surface area (Å²) in [7, 11) is 0. The molecule has 2 N–H and O–H groups in total. The van der Waals surface area contributed by atoms with Gasteiger partial charge in [0, 0.05) is 30.8 Å². The first kappa shape index (κ1) is 18.4. The minimum absolute atomic E-state index is 0.0205. The van der Waals surface area contributed by atoms with Crippen molar-refractivity contribution < 1.29 is 19.5 Å². The Bertz CT molecular complexity index is 689. The molecule has 1 aliphatic heterocycles. The van der Waals surface area contributed by atoms with Gasteiger partial charge in [0.15, 0.2) is 0 Å². The molecule has 26 heavy (non-hydrogen) atoms. The molecule has 2 fully saturated rings. The first-order valence-electron chi connectivity index (χ1n) is 9.43. The van der Waals surface area contributed by atoms with E-state index in [0.29, 0.717) is 24.1 Å². The Labute approximate surface area is 153 Å². The summed E-state index contributed by atoms with van der Waals surface area (Å²) in [5.41, 5.74) is 0.136. The van der Waals surface area contributed by atoms with E-state index in [1.54, 1.807) is 24.3 Å². The van der Waals surface area contributed by atoms with Gasteiger partial charge in [0.05, 0.1) is 5.41 Å². The van der Waals surface area contributed by atoms with Crippen molar-refractivity contribution in [2.75, 3.05) is 18.4 Å². The third kappa shape index (κ3) is 4.06. The second-order valence-corrected chi connectivity index (χ2v) is 7.45. The molecule has 2 aliphatic rings. The molecular formula is C20H26N2O4. The fourth-order valence-corrected chi connectivity index (χ4v) is 4.04. The maximum Gasteiger partial charge on any atom is 0.310 e. The molecule has 1 aliphatic carbocycles. The Morgan fingerprint density at radius 1 is 1.04 bits per heavy atom. The number of rotatable bonds is 5. The van der Waals surface area contributed by atoms with Gasteiger partial charge in [-0.15, -0.1) is 0 Å². The van der Waals surface area contributed by atoms with E-state index in [4.69, 9.17) is 0 Å². The number of amides is 2. The lowest BCUT2D eigenvalue weighted by molar-refractivity contribution is -0.153. The summed E-state index contributed by atoms with van der Waals surface area (Å²) in [4.78, 5) is 38.5. The molecule has 0 bridgehead atoms. The number of carbonyl (C=O) groups excluding carboxylic acids is 2. The molecule has 2 amide bonds. The van der Waals surface area contributed by atoms with Gasteiger partial charge < -0.3 is 15.3 Å². The number of hydrogen-bond donors (Lipinski definition) is 2. The highest BCUT2D eigenvalue weighted by molar-refractivity contribution is 5.98. The van der Waals surface area contributed by atoms with Crippen LogP contribution in [0, 0.1) is 5.41 Å². The highest BCUT2D eigenvalue weighted by atomic mass is 16.4. The van der Waals surface area contributed by atoms with Crippen LogP contribution in [0.5, 0.6) is 0 Å². The Hall–Kier alpha value is -2.37. The molecule has 0 unspecified atom stereocenters. The molecule has 1 heterocycles. The summed E-state index contributed by atoms with van der Waals surface area (Å²) >= 11 is 0. The molecule has 6 nitrogen and oxygen atoms in total. The van der Waals surface area contributed by atoms with Gasteiger partial charge in [-0.25, -0.2) is 0 Å². The number of anilines is 1. The van der Waals surface area contributed by atoms with Gasteiger partial charge in [-0.3, -0.25) is 14.4 Å². The van der Waals surface area contributed by atoms with Crippen LogP contribution < -0.4 is 5.32 Å². The second-order valence-electron chi connectivity index (χ2n) is 7.45. The number of hydrogen-bond acceptors (Lipinski definition) is 3. The summed E-state index contributed by atoms with van der Waals surface area (Å²) in [5.74, 6) is -1.21. The normalized spacial score (nSPS) is 19.2. The Kier molecular flexibility index (Phi) is 5.59. The molecule has 1 saturated heterocycles. The second kappa shape index (κ2) is 7.89. The number of carbonyl (C=O) groups is 3. The molecule has 1 saturated carbocycles. The third-order valence-corrected chi connectivity index (χ3v) is 5.55. The molecule has 3 rings (SSSR count). The van der Waals surface area contributed by atoms with Gasteiger partial charge in [0.1, 0.15) is 0 Å². The van der Waals surface area contributed by atoms with Crippen LogP contribution in [0.2, 0.25) is 0 Å². The molecule has 1 aromatic carbocycles. The van der Waals surface area contributed by atoms with E-state index < -0.39 is 11.4 Å². The summed E-state index contributed by atoms with van der Waals surface area (Å²) < 4.78 is 0. The van der Waals surface area contributed by atoms with Gasteiger partial charge >= 0.3 is 5.97 Å². The van der Waals surface area contributed by atoms with Gasteiger partial charge in [0.2, 0.25) is 5.91 Å². The standard InChI is InChI=1S/C20H26N2O4/c23-17(14-20(19(25)26)9-2-1-3-10-20)21-16-8-6-7-15(13-16)18(24)22-11-4-5-12-22/h6-8,13H,1-5,9-12,14H2,(H,21,23)(H,25,26). The van der Waals surface area contributed by atoms with Crippen LogP contribution in [-0.4, -0.2) is 40.9 Å². The first-order chi connectivity index (χ1) is 12.5. The monoisotopic (exact) mass is 358 g/mol. The van der Waals surface area contributed by atoms with Gasteiger partial charge in [-0.1, -0.05) is 25.3 Å². The van der Waals surface area contributed by atoms with E-state index in [9.17, 15) is 19.5 Å². The number of benzene rings is 1. The van der Waals surface area contributed by atoms with Crippen LogP contribution >= 0.6 is 0 Å². The third-order valence-electron chi connectivity index (χ3n) is 5.55. The molecule has 0 radical (unpaired) electrons. The van der Waals surface area contributed by atoms with Crippen molar-refractivity contribution in [3.8, 4) is 0 Å². The number of carboxylic acid groups (broad SMARTS) is 1. The molecule has 6 heteroatoms. The number of nitrogens with zero attached hydrogens (tertiary/aromatic N) is 1. The summed E-state index contributed by atoms with van der Waals surface area (Å²) in [6.45, 7) is 1.55. The van der Waals surface area contributed by atoms with Crippen molar-refractivity contribution in [3.63, 3.8) is 0 Å². The van der Waals surface area contributed by atoms with Crippen LogP contribution in [0.1, 0.15) is 61.7 Å². The lowest BCUT2D eigenvalue weighted by Crippen LogP contribution is -2.37. The lowest BCUT2D eigenvalue weighted by Gasteiger charge is -2.32. The topological polar surface area (TPSA) is 86.7 Å². The first-order valence-corrected chi connectivity index (χ1v) is 9.43. The highest BCUT2D eigenvalue weighted by Gasteiger charge is 2.41. The van der Waals surface area contributed by atoms with E-state index in [2.05, 4.69) is 5.32 Å². The number of likely N-dealkylation sites (tertiary alicyclic amines) is 1. The zero-order valence-corrected chi connectivity index (χ0v) is 15.0. The Morgan fingerprint density at radius 3 is 2.38 bits per heavy atom. The average Bonchev–Trinajstić information content (AvgIpc) is 3.16. The van der Waals surface area contributed by atoms with E-state index in [-0.39, 0.29) is 18.2 Å². The lowest BCUT2D eigenvalue weighted by atomic mass is 9.71. The van der Waals surface area contributed by atoms with E-state index >= 15 is 0 Å². The van der Waals surface area contributed by atoms with Crippen LogP contribution in [0.3, 0.4) is 0 Å². The molecule has 0 aromatic heterocycles. The summed E-state index contributed by atoms with van der Waals surface area (Å²) in [6.07, 6.45) is 5.84. The van der Waals surface area contributed by atoms with Crippen LogP contribution in [0.25, 0.3) is 0 Å². The number of aliphatic carboxylic acids is 1. The predicted molar refractivity (Wildman–Crippen MR) is 98.0 cm³/mol. The van der Waals surface area contributed by atoms with Crippen LogP contribution in [0.15, 0.2) is 24.3 Å². The highest BCUT2D eigenvalue weighted by Crippen LogP contribution is 2.39. The molecule has 1 aromatic rings. The predicted octanol–water partition coefficient (Wildman–Crippen LogP) is 3.29. The summed E-state index contributed by atoms with van der Waals surface area (Å²) in [6, 6.07) is 6.89. The maximum absolute atomic E-state index is 12.5. The smallest absolute Gasteiger partial charge is 0.310 e. The van der Waals surface area contributed by atoms with Crippen molar-refractivity contribution in [1.82, 2.24) is 4.90 Å². The quantitative estimate of drug-likeness (QED) is 0.846. The zero-order valence-electron chi connectivity index (χ0n) is 15.0. The SMILES string of the molecule is O=C(CC1(C(=O)O)CCCCC1)Nc1cccc(C(=O)N2CCCC2)c1. The van der Waals surface area contributed by atoms with E-state index in [1.807, 2.05) is 4.90 Å². The molecule has 0 atom stereocenters. The minimum Gasteiger partial charge on any atom is -0.481 e. The zero-order chi connectivity index (χ0) is 18.6. The fourth-order valence-electron chi connectivity index (χ4n) is 4.04. The van der Waals surface area contributed by atoms with Gasteiger partial charge in [-0.05, 0) is 43.9 Å².